The minimum Gasteiger partial charge on any atom is -0.324 e. The van der Waals surface area contributed by atoms with Gasteiger partial charge in [-0.3, -0.25) is 0 Å². The van der Waals surface area contributed by atoms with Crippen molar-refractivity contribution < 1.29 is 0 Å². The van der Waals surface area contributed by atoms with Gasteiger partial charge in [-0.25, -0.2) is 0 Å². The average Bonchev–Trinajstić information content (AvgIpc) is 2.79. The lowest BCUT2D eigenvalue weighted by Crippen LogP contribution is -1.99. The van der Waals surface area contributed by atoms with E-state index in [0.717, 1.165) is 27.3 Å². The fourth-order valence-electron chi connectivity index (χ4n) is 1.18. The predicted molar refractivity (Wildman–Crippen MR) is 63.0 cm³/mol. The normalized spacial score (nSPS) is 11.3. The molecule has 2 heterocycles. The lowest BCUT2D eigenvalue weighted by molar-refractivity contribution is 0.843. The van der Waals surface area contributed by atoms with E-state index in [0.29, 0.717) is 6.54 Å². The van der Waals surface area contributed by atoms with E-state index in [4.69, 9.17) is 5.73 Å². The second-order valence-electron chi connectivity index (χ2n) is 3.06. The van der Waals surface area contributed by atoms with Crippen molar-refractivity contribution in [2.75, 3.05) is 5.75 Å². The summed E-state index contributed by atoms with van der Waals surface area (Å²) in [5.74, 6) is 2.92. The van der Waals surface area contributed by atoms with Crippen molar-refractivity contribution in [1.29, 1.82) is 0 Å². The van der Waals surface area contributed by atoms with Crippen LogP contribution in [0.5, 0.6) is 0 Å². The van der Waals surface area contributed by atoms with Gasteiger partial charge in [-0.15, -0.1) is 10.2 Å². The lowest BCUT2D eigenvalue weighted by atomic mass is 10.6. The Labute approximate surface area is 96.1 Å². The maximum absolute atomic E-state index is 5.53. The number of rotatable bonds is 5. The maximum Gasteiger partial charge on any atom is 0.234 e. The zero-order valence-electron chi connectivity index (χ0n) is 8.51. The average molecular weight is 243 g/mol. The van der Waals surface area contributed by atoms with Crippen LogP contribution in [0.1, 0.15) is 24.2 Å². The van der Waals surface area contributed by atoms with Gasteiger partial charge in [0.1, 0.15) is 5.01 Å². The SMILES string of the molecule is CCCSCc1nnc2sc(CN)nn12. The van der Waals surface area contributed by atoms with Gasteiger partial charge >= 0.3 is 0 Å². The monoisotopic (exact) mass is 243 g/mol. The molecule has 0 aliphatic heterocycles. The van der Waals surface area contributed by atoms with Gasteiger partial charge in [0, 0.05) is 6.54 Å². The molecule has 0 unspecified atom stereocenters. The fourth-order valence-corrected chi connectivity index (χ4v) is 2.70. The van der Waals surface area contributed by atoms with Crippen LogP contribution in [0.2, 0.25) is 0 Å². The van der Waals surface area contributed by atoms with Crippen LogP contribution < -0.4 is 5.73 Å². The highest BCUT2D eigenvalue weighted by Crippen LogP contribution is 2.16. The van der Waals surface area contributed by atoms with Crippen LogP contribution >= 0.6 is 23.1 Å². The molecule has 0 saturated heterocycles. The van der Waals surface area contributed by atoms with Gasteiger partial charge in [-0.2, -0.15) is 21.4 Å². The fraction of sp³-hybridized carbons (Fsp3) is 0.625. The Hall–Kier alpha value is -0.660. The molecule has 2 rings (SSSR count). The van der Waals surface area contributed by atoms with Crippen LogP contribution in [0, 0.1) is 0 Å². The molecule has 7 heteroatoms. The van der Waals surface area contributed by atoms with Crippen molar-refractivity contribution in [2.24, 2.45) is 5.73 Å². The molecular formula is C8H13N5S2. The summed E-state index contributed by atoms with van der Waals surface area (Å²) in [5.41, 5.74) is 5.53. The van der Waals surface area contributed by atoms with E-state index in [-0.39, 0.29) is 0 Å². The number of nitrogens with zero attached hydrogens (tertiary/aromatic N) is 4. The Morgan fingerprint density at radius 2 is 2.33 bits per heavy atom. The van der Waals surface area contributed by atoms with Gasteiger partial charge in [-0.05, 0) is 12.2 Å². The molecule has 0 atom stereocenters. The summed E-state index contributed by atoms with van der Waals surface area (Å²) in [7, 11) is 0. The number of hydrogen-bond donors (Lipinski definition) is 1. The largest absolute Gasteiger partial charge is 0.324 e. The third-order valence-corrected chi connectivity index (χ3v) is 3.93. The Balaban J connectivity index is 2.16. The van der Waals surface area contributed by atoms with Crippen molar-refractivity contribution in [3.8, 4) is 0 Å². The van der Waals surface area contributed by atoms with E-state index < -0.39 is 0 Å². The molecule has 0 aliphatic rings. The Morgan fingerprint density at radius 3 is 3.07 bits per heavy atom. The second-order valence-corrected chi connectivity index (χ2v) is 5.21. The number of hydrogen-bond acceptors (Lipinski definition) is 6. The summed E-state index contributed by atoms with van der Waals surface area (Å²) in [6, 6.07) is 0. The van der Waals surface area contributed by atoms with E-state index in [9.17, 15) is 0 Å². The molecule has 2 aromatic heterocycles. The first kappa shape index (κ1) is 10.8. The van der Waals surface area contributed by atoms with Crippen molar-refractivity contribution in [1.82, 2.24) is 19.8 Å². The van der Waals surface area contributed by atoms with E-state index in [2.05, 4.69) is 22.2 Å². The molecule has 15 heavy (non-hydrogen) atoms. The van der Waals surface area contributed by atoms with Crippen LogP contribution in [-0.4, -0.2) is 25.6 Å². The van der Waals surface area contributed by atoms with Crippen LogP contribution in [0.4, 0.5) is 0 Å². The lowest BCUT2D eigenvalue weighted by Gasteiger charge is -1.95. The molecule has 0 spiro atoms. The number of aromatic nitrogens is 4. The summed E-state index contributed by atoms with van der Waals surface area (Å²) < 4.78 is 1.80. The van der Waals surface area contributed by atoms with E-state index in [1.807, 2.05) is 11.8 Å². The number of thioether (sulfide) groups is 1. The standard InChI is InChI=1S/C8H13N5S2/c1-2-3-14-5-6-10-11-8-13(6)12-7(4-9)15-8/h2-5,9H2,1H3. The summed E-state index contributed by atoms with van der Waals surface area (Å²) in [6.45, 7) is 2.64. The molecular weight excluding hydrogens is 230 g/mol. The molecule has 82 valence electrons. The minimum absolute atomic E-state index is 0.468. The Bertz CT molecular complexity index is 435. The zero-order chi connectivity index (χ0) is 10.7. The highest BCUT2D eigenvalue weighted by atomic mass is 32.2. The second kappa shape index (κ2) is 4.91. The Kier molecular flexibility index (Phi) is 3.55. The molecule has 0 aromatic carbocycles. The molecule has 2 N–H and O–H groups in total. The summed E-state index contributed by atoms with van der Waals surface area (Å²) in [5, 5.41) is 13.4. The third-order valence-electron chi connectivity index (χ3n) is 1.85. The van der Waals surface area contributed by atoms with Gasteiger partial charge in [0.2, 0.25) is 4.96 Å². The first-order valence-corrected chi connectivity index (χ1v) is 6.80. The van der Waals surface area contributed by atoms with E-state index in [1.54, 1.807) is 4.52 Å². The summed E-state index contributed by atoms with van der Waals surface area (Å²) >= 11 is 3.35. The third kappa shape index (κ3) is 2.30. The van der Waals surface area contributed by atoms with Crippen LogP contribution in [0.3, 0.4) is 0 Å². The molecule has 2 aromatic rings. The maximum atomic E-state index is 5.53. The topological polar surface area (TPSA) is 69.1 Å². The van der Waals surface area contributed by atoms with Crippen molar-refractivity contribution in [3.63, 3.8) is 0 Å². The molecule has 0 amide bonds. The minimum atomic E-state index is 0.468. The molecule has 0 radical (unpaired) electrons. The first-order chi connectivity index (χ1) is 7.35. The molecule has 5 nitrogen and oxygen atoms in total. The van der Waals surface area contributed by atoms with Gasteiger partial charge in [-0.1, -0.05) is 18.3 Å². The molecule has 0 bridgehead atoms. The van der Waals surface area contributed by atoms with Gasteiger partial charge < -0.3 is 5.73 Å². The van der Waals surface area contributed by atoms with Gasteiger partial charge in [0.05, 0.1) is 5.75 Å². The highest BCUT2D eigenvalue weighted by molar-refractivity contribution is 7.98. The van der Waals surface area contributed by atoms with Crippen LogP contribution in [-0.2, 0) is 12.3 Å². The Morgan fingerprint density at radius 1 is 1.47 bits per heavy atom. The number of fused-ring (bicyclic) bond motifs is 1. The van der Waals surface area contributed by atoms with Crippen molar-refractivity contribution in [2.45, 2.75) is 25.6 Å². The van der Waals surface area contributed by atoms with Gasteiger partial charge in [0.15, 0.2) is 5.82 Å². The summed E-state index contributed by atoms with van der Waals surface area (Å²) in [4.78, 5) is 0.836. The first-order valence-electron chi connectivity index (χ1n) is 4.83. The summed E-state index contributed by atoms with van der Waals surface area (Å²) in [6.07, 6.45) is 1.18. The van der Waals surface area contributed by atoms with Crippen LogP contribution in [0.25, 0.3) is 4.96 Å². The molecule has 0 saturated carbocycles. The zero-order valence-corrected chi connectivity index (χ0v) is 10.1. The molecule has 0 fully saturated rings. The smallest absolute Gasteiger partial charge is 0.234 e. The predicted octanol–water partition coefficient (Wildman–Crippen LogP) is 1.29. The van der Waals surface area contributed by atoms with Crippen molar-refractivity contribution in [3.05, 3.63) is 10.8 Å². The number of nitrogens with two attached hydrogens (primary N) is 1. The quantitative estimate of drug-likeness (QED) is 0.801. The van der Waals surface area contributed by atoms with E-state index in [1.165, 1.54) is 17.8 Å². The van der Waals surface area contributed by atoms with Gasteiger partial charge in [0.25, 0.3) is 0 Å². The van der Waals surface area contributed by atoms with Crippen LogP contribution in [0.15, 0.2) is 0 Å². The van der Waals surface area contributed by atoms with Crippen molar-refractivity contribution >= 4 is 28.1 Å². The highest BCUT2D eigenvalue weighted by Gasteiger charge is 2.10. The van der Waals surface area contributed by atoms with E-state index >= 15 is 0 Å². The molecule has 0 aliphatic carbocycles.